The van der Waals surface area contributed by atoms with E-state index in [1.54, 1.807) is 72.5 Å². The summed E-state index contributed by atoms with van der Waals surface area (Å²) < 4.78 is 14.1. The Morgan fingerprint density at radius 1 is 0.921 bits per heavy atom. The van der Waals surface area contributed by atoms with Crippen LogP contribution >= 0.6 is 34.5 Å². The molecule has 2 saturated heterocycles. The van der Waals surface area contributed by atoms with Crippen LogP contribution in [0.3, 0.4) is 0 Å². The quantitative estimate of drug-likeness (QED) is 0.127. The van der Waals surface area contributed by atoms with Gasteiger partial charge in [-0.15, -0.1) is 11.3 Å². The van der Waals surface area contributed by atoms with Gasteiger partial charge in [0.1, 0.15) is 17.0 Å². The summed E-state index contributed by atoms with van der Waals surface area (Å²) in [5.74, 6) is -4.78. The number of phenols is 1. The van der Waals surface area contributed by atoms with Crippen molar-refractivity contribution in [3.05, 3.63) is 118 Å². The molecule has 1 saturated carbocycles. The van der Waals surface area contributed by atoms with Crippen molar-refractivity contribution in [3.8, 4) is 33.5 Å². The monoisotopic (exact) mass is 897 g/mol. The van der Waals surface area contributed by atoms with Crippen LogP contribution in [-0.2, 0) is 26.2 Å². The minimum absolute atomic E-state index is 0.00500. The number of halogens is 2. The zero-order valence-electron chi connectivity index (χ0n) is 34.3. The van der Waals surface area contributed by atoms with Crippen molar-refractivity contribution in [1.29, 1.82) is 0 Å². The van der Waals surface area contributed by atoms with Crippen LogP contribution in [0.4, 0.5) is 11.5 Å². The number of fused-ring (bicyclic) bond motifs is 6. The largest absolute Gasteiger partial charge is 0.503 e. The first-order valence-electron chi connectivity index (χ1n) is 20.5. The molecule has 1 N–H and O–H groups in total. The van der Waals surface area contributed by atoms with E-state index in [4.69, 9.17) is 37.5 Å². The molecule has 63 heavy (non-hydrogen) atoms. The number of thiophene rings is 1. The number of nitrogens with zero attached hydrogens (tertiary/aromatic N) is 5. The third-order valence-electron chi connectivity index (χ3n) is 13.8. The number of oxazole rings is 1. The third-order valence-corrected chi connectivity index (χ3v) is 15.6. The number of aryl methyl sites for hydroxylation is 2. The molecule has 2 aliphatic heterocycles. The van der Waals surface area contributed by atoms with E-state index in [9.17, 15) is 14.7 Å². The maximum Gasteiger partial charge on any atom is 0.242 e. The lowest BCUT2D eigenvalue weighted by Crippen LogP contribution is -2.49. The minimum atomic E-state index is -1.38. The first-order valence-corrected chi connectivity index (χ1v) is 22.1. The molecule has 11 rings (SSSR count). The predicted octanol–water partition coefficient (Wildman–Crippen LogP) is 9.87. The van der Waals surface area contributed by atoms with Gasteiger partial charge in [-0.1, -0.05) is 47.0 Å². The van der Waals surface area contributed by atoms with E-state index in [-0.39, 0.29) is 41.2 Å². The lowest BCUT2D eigenvalue weighted by atomic mass is 9.51. The zero-order chi connectivity index (χ0) is 43.8. The van der Waals surface area contributed by atoms with Gasteiger partial charge in [0.05, 0.1) is 45.9 Å². The molecule has 5 heterocycles. The molecule has 3 fully saturated rings. The normalized spacial score (nSPS) is 24.3. The SMILES string of the molecule is COc1cc([C@H]2C3=CC[C@@H]4C(=O)N(c5ccc(-c6nc7ccccc7o6)cc5)C(=O)[C@@H]4[C@@H]3C[C@H]3C(=O)N(c4cc(-c5sc6ccc(Cl)cc6c5C)nn4C)C(=O)[C@@]23C)cc(Cl)c1O. The van der Waals surface area contributed by atoms with Crippen molar-refractivity contribution >= 4 is 90.9 Å². The van der Waals surface area contributed by atoms with Crippen molar-refractivity contribution in [2.45, 2.75) is 32.6 Å². The predicted molar refractivity (Wildman–Crippen MR) is 240 cm³/mol. The van der Waals surface area contributed by atoms with Gasteiger partial charge in [0, 0.05) is 34.3 Å². The average molecular weight is 899 g/mol. The number of ether oxygens (including phenoxy) is 1. The van der Waals surface area contributed by atoms with Crippen molar-refractivity contribution < 1.29 is 33.4 Å². The molecule has 0 spiro atoms. The second-order valence-corrected chi connectivity index (χ2v) is 18.9. The number of para-hydroxylation sites is 2. The molecule has 4 aromatic carbocycles. The number of hydrogen-bond donors (Lipinski definition) is 1. The third kappa shape index (κ3) is 5.65. The second-order valence-electron chi connectivity index (χ2n) is 17.0. The van der Waals surface area contributed by atoms with Crippen LogP contribution in [0.25, 0.3) is 43.2 Å². The Morgan fingerprint density at radius 2 is 1.70 bits per heavy atom. The van der Waals surface area contributed by atoms with Gasteiger partial charge in [0.2, 0.25) is 29.5 Å². The molecular formula is C48H37Cl2N5O7S. The van der Waals surface area contributed by atoms with E-state index in [2.05, 4.69) is 4.98 Å². The van der Waals surface area contributed by atoms with Gasteiger partial charge in [-0.3, -0.25) is 28.8 Å². The molecule has 0 radical (unpaired) electrons. The molecule has 4 aliphatic rings. The number of anilines is 2. The van der Waals surface area contributed by atoms with Gasteiger partial charge in [-0.05, 0) is 116 Å². The van der Waals surface area contributed by atoms with Crippen molar-refractivity contribution in [2.24, 2.45) is 36.1 Å². The van der Waals surface area contributed by atoms with E-state index in [0.29, 0.717) is 50.3 Å². The standard InChI is InChI=1S/C48H37Cl2N5O7S/c1-22-29-19-25(49)11-16-37(29)63-42(22)34-21-38(53(3)52-34)55-45(58)31-20-30-27(40(48(31,2)47(55)60)24-17-32(50)41(56)36(18-24)61-4)14-15-28-39(30)46(59)54(44(28)57)26-12-9-23(10-13-26)43-51-33-7-5-6-8-35(33)62-43/h5-14,16-19,21,28,30-31,39-40,56H,15,20H2,1-4H3/t28-,30+,31-,39-,40-,48+/m0/s1. The number of phenolic OH excluding ortho intramolecular Hbond substituents is 1. The Labute approximate surface area is 374 Å². The average Bonchev–Trinajstić information content (AvgIpc) is 4.06. The Morgan fingerprint density at radius 3 is 2.46 bits per heavy atom. The molecule has 2 aliphatic carbocycles. The Bertz CT molecular complexity index is 3160. The highest BCUT2D eigenvalue weighted by atomic mass is 35.5. The maximum atomic E-state index is 15.3. The van der Waals surface area contributed by atoms with E-state index < -0.39 is 46.8 Å². The summed E-state index contributed by atoms with van der Waals surface area (Å²) >= 11 is 14.5. The van der Waals surface area contributed by atoms with E-state index in [1.807, 2.05) is 55.5 Å². The van der Waals surface area contributed by atoms with Crippen LogP contribution in [0.5, 0.6) is 11.5 Å². The Balaban J connectivity index is 0.983. The lowest BCUT2D eigenvalue weighted by molar-refractivity contribution is -0.131. The summed E-state index contributed by atoms with van der Waals surface area (Å²) in [6, 6.07) is 25.1. The number of allylic oxidation sites excluding steroid dienone is 2. The number of carbonyl (C=O) groups excluding carboxylic acids is 4. The molecule has 316 valence electrons. The van der Waals surface area contributed by atoms with Crippen LogP contribution in [0.15, 0.2) is 101 Å². The molecule has 3 aromatic heterocycles. The lowest BCUT2D eigenvalue weighted by Gasteiger charge is -2.49. The number of methoxy groups -OCH3 is 1. The smallest absolute Gasteiger partial charge is 0.242 e. The number of benzene rings is 4. The van der Waals surface area contributed by atoms with Crippen LogP contribution in [0.1, 0.15) is 36.8 Å². The topological polar surface area (TPSA) is 148 Å². The molecule has 0 bridgehead atoms. The molecule has 15 heteroatoms. The summed E-state index contributed by atoms with van der Waals surface area (Å²) in [6.07, 6.45) is 2.36. The number of carbonyl (C=O) groups is 4. The van der Waals surface area contributed by atoms with Gasteiger partial charge >= 0.3 is 0 Å². The van der Waals surface area contributed by atoms with Crippen molar-refractivity contribution in [3.63, 3.8) is 0 Å². The second kappa shape index (κ2) is 14.1. The Kier molecular flexibility index (Phi) is 8.86. The van der Waals surface area contributed by atoms with Crippen LogP contribution in [0, 0.1) is 36.0 Å². The van der Waals surface area contributed by atoms with Crippen molar-refractivity contribution in [2.75, 3.05) is 16.9 Å². The summed E-state index contributed by atoms with van der Waals surface area (Å²) in [6.45, 7) is 3.79. The first-order chi connectivity index (χ1) is 30.3. The molecule has 4 amide bonds. The van der Waals surface area contributed by atoms with Crippen LogP contribution < -0.4 is 14.5 Å². The zero-order valence-corrected chi connectivity index (χ0v) is 36.6. The number of amides is 4. The summed E-state index contributed by atoms with van der Waals surface area (Å²) in [7, 11) is 3.11. The van der Waals surface area contributed by atoms with Crippen molar-refractivity contribution in [1.82, 2.24) is 14.8 Å². The maximum absolute atomic E-state index is 15.3. The highest BCUT2D eigenvalue weighted by molar-refractivity contribution is 7.22. The number of hydrogen-bond acceptors (Lipinski definition) is 10. The fourth-order valence-corrected chi connectivity index (χ4v) is 12.3. The molecular weight excluding hydrogens is 862 g/mol. The fraction of sp³-hybridized carbons (Fsp3) is 0.250. The first kappa shape index (κ1) is 39.6. The van der Waals surface area contributed by atoms with Crippen LogP contribution in [-0.4, -0.2) is 50.6 Å². The summed E-state index contributed by atoms with van der Waals surface area (Å²) in [5.41, 5.74) is 3.97. The fourth-order valence-electron chi connectivity index (χ4n) is 10.7. The summed E-state index contributed by atoms with van der Waals surface area (Å²) in [4.78, 5) is 67.5. The van der Waals surface area contributed by atoms with Crippen LogP contribution in [0.2, 0.25) is 10.0 Å². The summed E-state index contributed by atoms with van der Waals surface area (Å²) in [5, 5.41) is 17.3. The number of imide groups is 2. The van der Waals surface area contributed by atoms with Gasteiger partial charge in [0.15, 0.2) is 17.1 Å². The number of rotatable bonds is 6. The minimum Gasteiger partial charge on any atom is -0.503 e. The van der Waals surface area contributed by atoms with E-state index in [0.717, 1.165) is 26.1 Å². The highest BCUT2D eigenvalue weighted by Gasteiger charge is 2.68. The molecule has 12 nitrogen and oxygen atoms in total. The highest BCUT2D eigenvalue weighted by Crippen LogP contribution is 2.64. The van der Waals surface area contributed by atoms with E-state index >= 15 is 9.59 Å². The molecule has 0 unspecified atom stereocenters. The number of aromatic nitrogens is 3. The number of aromatic hydroxyl groups is 1. The van der Waals surface area contributed by atoms with Gasteiger partial charge in [-0.25, -0.2) is 9.88 Å². The van der Waals surface area contributed by atoms with E-state index in [1.165, 1.54) is 16.9 Å². The molecule has 6 atom stereocenters. The van der Waals surface area contributed by atoms with Gasteiger partial charge in [0.25, 0.3) is 0 Å². The Hall–Kier alpha value is -6.28. The van der Waals surface area contributed by atoms with Gasteiger partial charge in [-0.2, -0.15) is 5.10 Å². The van der Waals surface area contributed by atoms with Gasteiger partial charge < -0.3 is 14.3 Å². The molecule has 7 aromatic rings.